The standard InChI is InChI=1S/C45H83NO7/c1-6-8-10-12-14-16-17-18-19-20-21-22-23-24-25-26-28-29-31-33-35-43(47)52-40-41(39-51-38-37-42(45(49)50)46(3,4)5)53-44(48)36-34-32-30-27-15-13-11-9-7-2/h9,11,15,27,41-42H,6-8,10,12-14,16-26,28-40H2,1-5H3/b11-9+,27-15+. The van der Waals surface area contributed by atoms with Crippen molar-refractivity contribution in [2.24, 2.45) is 0 Å². The molecule has 0 aromatic heterocycles. The highest BCUT2D eigenvalue weighted by atomic mass is 16.6. The number of allylic oxidation sites excluding steroid dienone is 4. The van der Waals surface area contributed by atoms with Crippen LogP contribution in [-0.4, -0.2) is 75.5 Å². The molecule has 0 aliphatic heterocycles. The van der Waals surface area contributed by atoms with Crippen molar-refractivity contribution in [2.45, 2.75) is 206 Å². The van der Waals surface area contributed by atoms with Crippen molar-refractivity contribution < 1.29 is 38.2 Å². The first-order valence-corrected chi connectivity index (χ1v) is 21.9. The topological polar surface area (TPSA) is 102 Å². The van der Waals surface area contributed by atoms with Gasteiger partial charge in [0.25, 0.3) is 0 Å². The molecule has 0 amide bonds. The largest absolute Gasteiger partial charge is 0.544 e. The number of likely N-dealkylation sites (N-methyl/N-ethyl adjacent to an activating group) is 1. The van der Waals surface area contributed by atoms with Gasteiger partial charge in [0, 0.05) is 19.3 Å². The summed E-state index contributed by atoms with van der Waals surface area (Å²) in [6, 6.07) is -0.727. The van der Waals surface area contributed by atoms with E-state index in [9.17, 15) is 19.5 Å². The summed E-state index contributed by atoms with van der Waals surface area (Å²) in [6.45, 7) is 4.51. The van der Waals surface area contributed by atoms with Gasteiger partial charge in [-0.1, -0.05) is 160 Å². The van der Waals surface area contributed by atoms with Gasteiger partial charge in [-0.15, -0.1) is 0 Å². The molecule has 0 bridgehead atoms. The van der Waals surface area contributed by atoms with Crippen molar-refractivity contribution in [3.8, 4) is 0 Å². The van der Waals surface area contributed by atoms with Gasteiger partial charge in [-0.2, -0.15) is 0 Å². The summed E-state index contributed by atoms with van der Waals surface area (Å²) in [7, 11) is 5.39. The maximum absolute atomic E-state index is 12.6. The average Bonchev–Trinajstić information content (AvgIpc) is 3.11. The highest BCUT2D eigenvalue weighted by Crippen LogP contribution is 2.16. The van der Waals surface area contributed by atoms with E-state index in [0.29, 0.717) is 12.8 Å². The zero-order valence-corrected chi connectivity index (χ0v) is 35.2. The van der Waals surface area contributed by atoms with Crippen LogP contribution in [0.2, 0.25) is 0 Å². The van der Waals surface area contributed by atoms with E-state index in [4.69, 9.17) is 14.2 Å². The van der Waals surface area contributed by atoms with Gasteiger partial charge in [0.05, 0.1) is 40.3 Å². The van der Waals surface area contributed by atoms with Crippen LogP contribution in [0.5, 0.6) is 0 Å². The van der Waals surface area contributed by atoms with E-state index in [1.807, 2.05) is 0 Å². The number of quaternary nitrogens is 1. The van der Waals surface area contributed by atoms with E-state index in [2.05, 4.69) is 38.2 Å². The summed E-state index contributed by atoms with van der Waals surface area (Å²) in [4.78, 5) is 36.7. The monoisotopic (exact) mass is 750 g/mol. The van der Waals surface area contributed by atoms with E-state index < -0.39 is 18.1 Å². The van der Waals surface area contributed by atoms with E-state index >= 15 is 0 Å². The average molecular weight is 750 g/mol. The van der Waals surface area contributed by atoms with Gasteiger partial charge in [-0.3, -0.25) is 9.59 Å². The molecule has 0 aliphatic rings. The zero-order chi connectivity index (χ0) is 39.3. The normalized spacial score (nSPS) is 13.2. The smallest absolute Gasteiger partial charge is 0.306 e. The van der Waals surface area contributed by atoms with Crippen LogP contribution < -0.4 is 5.11 Å². The predicted octanol–water partition coefficient (Wildman–Crippen LogP) is 10.4. The molecule has 0 saturated carbocycles. The Morgan fingerprint density at radius 3 is 1.55 bits per heavy atom. The number of rotatable bonds is 39. The van der Waals surface area contributed by atoms with Crippen molar-refractivity contribution >= 4 is 17.9 Å². The Labute approximate surface area is 326 Å². The third-order valence-electron chi connectivity index (χ3n) is 9.85. The Morgan fingerprint density at radius 2 is 1.06 bits per heavy atom. The van der Waals surface area contributed by atoms with Crippen LogP contribution in [0.3, 0.4) is 0 Å². The molecule has 0 radical (unpaired) electrons. The molecule has 0 spiro atoms. The number of hydrogen-bond donors (Lipinski definition) is 0. The predicted molar refractivity (Wildman–Crippen MR) is 217 cm³/mol. The van der Waals surface area contributed by atoms with Crippen LogP contribution in [0.1, 0.15) is 194 Å². The summed E-state index contributed by atoms with van der Waals surface area (Å²) < 4.78 is 17.1. The summed E-state index contributed by atoms with van der Waals surface area (Å²) in [5.41, 5.74) is 0. The number of carboxylic acids is 1. The molecule has 2 atom stereocenters. The van der Waals surface area contributed by atoms with Gasteiger partial charge in [0.1, 0.15) is 12.6 Å². The molecule has 8 nitrogen and oxygen atoms in total. The number of hydrogen-bond acceptors (Lipinski definition) is 7. The summed E-state index contributed by atoms with van der Waals surface area (Å²) >= 11 is 0. The highest BCUT2D eigenvalue weighted by Gasteiger charge is 2.25. The second kappa shape index (κ2) is 36.8. The Kier molecular flexibility index (Phi) is 35.2. The van der Waals surface area contributed by atoms with Crippen LogP contribution in [-0.2, 0) is 28.6 Å². The van der Waals surface area contributed by atoms with Crippen molar-refractivity contribution in [2.75, 3.05) is 41.0 Å². The van der Waals surface area contributed by atoms with Crippen LogP contribution in [0, 0.1) is 0 Å². The molecule has 310 valence electrons. The number of aliphatic carboxylic acids is 1. The maximum atomic E-state index is 12.6. The molecular formula is C45H83NO7. The van der Waals surface area contributed by atoms with E-state index in [1.54, 1.807) is 21.1 Å². The van der Waals surface area contributed by atoms with E-state index in [-0.39, 0.29) is 49.1 Å². The lowest BCUT2D eigenvalue weighted by molar-refractivity contribution is -0.889. The minimum Gasteiger partial charge on any atom is -0.544 e. The lowest BCUT2D eigenvalue weighted by atomic mass is 10.0. The van der Waals surface area contributed by atoms with Gasteiger partial charge in [-0.25, -0.2) is 0 Å². The second-order valence-electron chi connectivity index (χ2n) is 15.9. The third-order valence-corrected chi connectivity index (χ3v) is 9.85. The van der Waals surface area contributed by atoms with E-state index in [1.165, 1.54) is 109 Å². The van der Waals surface area contributed by atoms with Crippen molar-refractivity contribution in [3.63, 3.8) is 0 Å². The number of carboxylic acid groups (broad SMARTS) is 1. The zero-order valence-electron chi connectivity index (χ0n) is 35.2. The molecule has 0 rings (SSSR count). The number of carbonyl (C=O) groups excluding carboxylic acids is 3. The second-order valence-corrected chi connectivity index (χ2v) is 15.9. The number of ether oxygens (including phenoxy) is 3. The Morgan fingerprint density at radius 1 is 0.585 bits per heavy atom. The number of nitrogens with zero attached hydrogens (tertiary/aromatic N) is 1. The first-order chi connectivity index (χ1) is 25.6. The first kappa shape index (κ1) is 50.8. The molecule has 0 aromatic carbocycles. The third kappa shape index (κ3) is 35.3. The number of esters is 2. The Bertz CT molecular complexity index is 926. The quantitative estimate of drug-likeness (QED) is 0.0267. The number of carbonyl (C=O) groups is 3. The molecule has 2 unspecified atom stereocenters. The minimum atomic E-state index is -1.13. The fourth-order valence-corrected chi connectivity index (χ4v) is 6.46. The lowest BCUT2D eigenvalue weighted by Crippen LogP contribution is -2.55. The molecule has 8 heteroatoms. The van der Waals surface area contributed by atoms with Crippen LogP contribution >= 0.6 is 0 Å². The fourth-order valence-electron chi connectivity index (χ4n) is 6.46. The Hall–Kier alpha value is -2.19. The van der Waals surface area contributed by atoms with Crippen LogP contribution in [0.25, 0.3) is 0 Å². The minimum absolute atomic E-state index is 0.0310. The molecule has 53 heavy (non-hydrogen) atoms. The van der Waals surface area contributed by atoms with Gasteiger partial charge in [-0.05, 0) is 38.5 Å². The molecule has 0 aliphatic carbocycles. The molecule has 0 aromatic rings. The van der Waals surface area contributed by atoms with Gasteiger partial charge >= 0.3 is 11.9 Å². The van der Waals surface area contributed by atoms with Crippen LogP contribution in [0.4, 0.5) is 0 Å². The SMILES string of the molecule is CC/C=C/C/C=C/CCCCC(=O)OC(COCCC(C(=O)[O-])[N+](C)(C)C)COC(=O)CCCCCCCCCCCCCCCCCCCCCC. The maximum Gasteiger partial charge on any atom is 0.306 e. The number of unbranched alkanes of at least 4 members (excludes halogenated alkanes) is 21. The lowest BCUT2D eigenvalue weighted by Gasteiger charge is -2.34. The fraction of sp³-hybridized carbons (Fsp3) is 0.844. The summed E-state index contributed by atoms with van der Waals surface area (Å²) in [5.74, 6) is -1.77. The van der Waals surface area contributed by atoms with Gasteiger partial charge in [0.15, 0.2) is 6.10 Å². The van der Waals surface area contributed by atoms with Crippen LogP contribution in [0.15, 0.2) is 24.3 Å². The summed E-state index contributed by atoms with van der Waals surface area (Å²) in [6.07, 6.45) is 39.4. The van der Waals surface area contributed by atoms with Gasteiger partial charge in [0.2, 0.25) is 0 Å². The highest BCUT2D eigenvalue weighted by molar-refractivity contribution is 5.70. The van der Waals surface area contributed by atoms with Gasteiger partial charge < -0.3 is 28.6 Å². The molecule has 0 saturated heterocycles. The summed E-state index contributed by atoms with van der Waals surface area (Å²) in [5, 5.41) is 11.6. The molecule has 0 fully saturated rings. The van der Waals surface area contributed by atoms with E-state index in [0.717, 1.165) is 44.9 Å². The Balaban J connectivity index is 4.19. The van der Waals surface area contributed by atoms with Crippen molar-refractivity contribution in [1.82, 2.24) is 0 Å². The molecule has 0 heterocycles. The van der Waals surface area contributed by atoms with Crippen molar-refractivity contribution in [1.29, 1.82) is 0 Å². The molecule has 0 N–H and O–H groups in total. The molecular weight excluding hydrogens is 666 g/mol. The first-order valence-electron chi connectivity index (χ1n) is 21.9. The van der Waals surface area contributed by atoms with Crippen molar-refractivity contribution in [3.05, 3.63) is 24.3 Å².